The zero-order valence-corrected chi connectivity index (χ0v) is 18.6. The molecule has 0 saturated carbocycles. The predicted molar refractivity (Wildman–Crippen MR) is 128 cm³/mol. The van der Waals surface area contributed by atoms with Crippen LogP contribution in [0, 0.1) is 0 Å². The van der Waals surface area contributed by atoms with Crippen molar-refractivity contribution in [2.45, 2.75) is 51.8 Å². The number of rotatable bonds is 12. The number of nitrogens with two attached hydrogens (primary N) is 1. The lowest BCUT2D eigenvalue weighted by molar-refractivity contribution is 0.257. The summed E-state index contributed by atoms with van der Waals surface area (Å²) >= 11 is 1.50. The minimum absolute atomic E-state index is 0.478. The van der Waals surface area contributed by atoms with E-state index in [-0.39, 0.29) is 0 Å². The molecule has 0 spiro atoms. The van der Waals surface area contributed by atoms with Gasteiger partial charge in [-0.2, -0.15) is 5.10 Å². The molecule has 0 radical (unpaired) electrons. The van der Waals surface area contributed by atoms with Gasteiger partial charge in [-0.05, 0) is 48.7 Å². The Hall–Kier alpha value is -2.11. The molecule has 0 saturated heterocycles. The third kappa shape index (κ3) is 9.77. The molecule has 2 rings (SSSR count). The minimum Gasteiger partial charge on any atom is -0.377 e. The van der Waals surface area contributed by atoms with Gasteiger partial charge in [0.2, 0.25) is 0 Å². The van der Waals surface area contributed by atoms with E-state index >= 15 is 0 Å². The Kier molecular flexibility index (Phi) is 11.2. The molecule has 0 bridgehead atoms. The van der Waals surface area contributed by atoms with Gasteiger partial charge in [0.05, 0.1) is 6.21 Å². The molecule has 0 aliphatic rings. The van der Waals surface area contributed by atoms with Crippen LogP contribution in [0.15, 0.2) is 64.8 Å². The second-order valence-corrected chi connectivity index (χ2v) is 8.18. The average molecular weight is 411 g/mol. The van der Waals surface area contributed by atoms with Gasteiger partial charge in [-0.3, -0.25) is 4.90 Å². The second-order valence-electron chi connectivity index (χ2n) is 7.19. The van der Waals surface area contributed by atoms with Crippen LogP contribution in [0.3, 0.4) is 0 Å². The molecule has 0 unspecified atom stereocenters. The molecule has 2 aromatic rings. The van der Waals surface area contributed by atoms with Gasteiger partial charge in [0.1, 0.15) is 0 Å². The van der Waals surface area contributed by atoms with Crippen LogP contribution >= 0.6 is 11.8 Å². The van der Waals surface area contributed by atoms with Gasteiger partial charge in [-0.25, -0.2) is 0 Å². The van der Waals surface area contributed by atoms with E-state index in [4.69, 9.17) is 5.73 Å². The SMILES string of the molecule is CCCCN(CCCC)Cc1cccc(C=NN=C(N)SCc2ccccc2)c1. The maximum absolute atomic E-state index is 5.97. The first-order valence-electron chi connectivity index (χ1n) is 10.6. The first-order valence-corrected chi connectivity index (χ1v) is 11.5. The fourth-order valence-electron chi connectivity index (χ4n) is 2.98. The third-order valence-corrected chi connectivity index (χ3v) is 5.46. The van der Waals surface area contributed by atoms with Gasteiger partial charge >= 0.3 is 0 Å². The van der Waals surface area contributed by atoms with E-state index in [1.165, 1.54) is 48.6 Å². The van der Waals surface area contributed by atoms with E-state index in [2.05, 4.69) is 65.3 Å². The highest BCUT2D eigenvalue weighted by atomic mass is 32.2. The second kappa shape index (κ2) is 14.0. The van der Waals surface area contributed by atoms with E-state index in [1.54, 1.807) is 6.21 Å². The minimum atomic E-state index is 0.478. The van der Waals surface area contributed by atoms with Gasteiger partial charge in [0.25, 0.3) is 0 Å². The third-order valence-electron chi connectivity index (χ3n) is 4.61. The van der Waals surface area contributed by atoms with Crippen LogP contribution in [0.2, 0.25) is 0 Å². The van der Waals surface area contributed by atoms with Crippen LogP contribution in [0.1, 0.15) is 56.2 Å². The van der Waals surface area contributed by atoms with Crippen LogP contribution < -0.4 is 5.73 Å². The van der Waals surface area contributed by atoms with Crippen molar-refractivity contribution in [3.05, 3.63) is 71.3 Å². The van der Waals surface area contributed by atoms with Gasteiger partial charge < -0.3 is 5.73 Å². The largest absolute Gasteiger partial charge is 0.377 e. The number of hydrogen-bond acceptors (Lipinski definition) is 4. The molecule has 0 atom stereocenters. The smallest absolute Gasteiger partial charge is 0.180 e. The summed E-state index contributed by atoms with van der Waals surface area (Å²) < 4.78 is 0. The Morgan fingerprint density at radius 3 is 2.34 bits per heavy atom. The van der Waals surface area contributed by atoms with E-state index in [0.29, 0.717) is 5.17 Å². The Balaban J connectivity index is 1.90. The normalized spacial score (nSPS) is 12.2. The summed E-state index contributed by atoms with van der Waals surface area (Å²) in [6.45, 7) is 7.81. The van der Waals surface area contributed by atoms with Gasteiger partial charge in [-0.15, -0.1) is 5.10 Å². The van der Waals surface area contributed by atoms with Crippen molar-refractivity contribution < 1.29 is 0 Å². The first-order chi connectivity index (χ1) is 14.2. The molecule has 0 fully saturated rings. The Morgan fingerprint density at radius 1 is 0.966 bits per heavy atom. The number of amidine groups is 1. The van der Waals surface area contributed by atoms with E-state index in [0.717, 1.165) is 31.0 Å². The molecule has 156 valence electrons. The molecular formula is C24H34N4S. The zero-order valence-electron chi connectivity index (χ0n) is 17.8. The van der Waals surface area contributed by atoms with Crippen molar-refractivity contribution in [2.24, 2.45) is 15.9 Å². The molecule has 29 heavy (non-hydrogen) atoms. The quantitative estimate of drug-likeness (QED) is 0.279. The molecule has 0 aliphatic heterocycles. The fourth-order valence-corrected chi connectivity index (χ4v) is 3.59. The molecule has 0 aromatic heterocycles. The standard InChI is InChI=1S/C24H34N4S/c1-3-5-15-28(16-6-4-2)19-23-14-10-13-22(17-23)18-26-27-24(25)29-20-21-11-8-7-9-12-21/h7-14,17-18H,3-6,15-16,19-20H2,1-2H3,(H2,25,27). The van der Waals surface area contributed by atoms with Crippen molar-refractivity contribution in [1.29, 1.82) is 0 Å². The number of unbranched alkanes of at least 4 members (excludes halogenated alkanes) is 2. The molecule has 0 aliphatic carbocycles. The van der Waals surface area contributed by atoms with Crippen LogP contribution in [0.4, 0.5) is 0 Å². The van der Waals surface area contributed by atoms with Crippen LogP contribution in [-0.4, -0.2) is 29.4 Å². The molecule has 2 aromatic carbocycles. The zero-order chi connectivity index (χ0) is 20.7. The van der Waals surface area contributed by atoms with E-state index < -0.39 is 0 Å². The molecule has 0 amide bonds. The summed E-state index contributed by atoms with van der Waals surface area (Å²) in [7, 11) is 0. The lowest BCUT2D eigenvalue weighted by Crippen LogP contribution is -2.25. The van der Waals surface area contributed by atoms with Crippen molar-refractivity contribution in [3.8, 4) is 0 Å². The van der Waals surface area contributed by atoms with Crippen LogP contribution in [-0.2, 0) is 12.3 Å². The van der Waals surface area contributed by atoms with Crippen LogP contribution in [0.5, 0.6) is 0 Å². The van der Waals surface area contributed by atoms with Crippen molar-refractivity contribution in [2.75, 3.05) is 13.1 Å². The summed E-state index contributed by atoms with van der Waals surface area (Å²) in [5, 5.41) is 8.78. The van der Waals surface area contributed by atoms with Crippen molar-refractivity contribution >= 4 is 23.1 Å². The lowest BCUT2D eigenvalue weighted by atomic mass is 10.1. The summed E-state index contributed by atoms with van der Waals surface area (Å²) in [5.74, 6) is 0.798. The maximum atomic E-state index is 5.97. The summed E-state index contributed by atoms with van der Waals surface area (Å²) in [6, 6.07) is 18.8. The number of nitrogens with zero attached hydrogens (tertiary/aromatic N) is 3. The topological polar surface area (TPSA) is 54.0 Å². The van der Waals surface area contributed by atoms with E-state index in [9.17, 15) is 0 Å². The van der Waals surface area contributed by atoms with Crippen molar-refractivity contribution in [1.82, 2.24) is 4.90 Å². The first kappa shape index (κ1) is 23.2. The molecule has 4 nitrogen and oxygen atoms in total. The van der Waals surface area contributed by atoms with Crippen molar-refractivity contribution in [3.63, 3.8) is 0 Å². The van der Waals surface area contributed by atoms with Crippen LogP contribution in [0.25, 0.3) is 0 Å². The summed E-state index contributed by atoms with van der Waals surface area (Å²) in [4.78, 5) is 2.56. The molecule has 5 heteroatoms. The highest BCUT2D eigenvalue weighted by molar-refractivity contribution is 8.13. The number of benzene rings is 2. The van der Waals surface area contributed by atoms with E-state index in [1.807, 2.05) is 18.2 Å². The number of thioether (sulfide) groups is 1. The summed E-state index contributed by atoms with van der Waals surface area (Å²) in [5.41, 5.74) is 9.56. The summed E-state index contributed by atoms with van der Waals surface area (Å²) in [6.07, 6.45) is 6.74. The Bertz CT molecular complexity index is 750. The highest BCUT2D eigenvalue weighted by Gasteiger charge is 2.05. The predicted octanol–water partition coefficient (Wildman–Crippen LogP) is 5.67. The Labute approximate surface area is 180 Å². The van der Waals surface area contributed by atoms with Gasteiger partial charge in [0.15, 0.2) is 5.17 Å². The Morgan fingerprint density at radius 2 is 1.66 bits per heavy atom. The molecule has 0 heterocycles. The monoisotopic (exact) mass is 410 g/mol. The maximum Gasteiger partial charge on any atom is 0.180 e. The average Bonchev–Trinajstić information content (AvgIpc) is 2.75. The molecule has 2 N–H and O–H groups in total. The lowest BCUT2D eigenvalue weighted by Gasteiger charge is -2.22. The molecular weight excluding hydrogens is 376 g/mol. The fraction of sp³-hybridized carbons (Fsp3) is 0.417. The van der Waals surface area contributed by atoms with Gasteiger partial charge in [0, 0.05) is 12.3 Å². The highest BCUT2D eigenvalue weighted by Crippen LogP contribution is 2.12. The number of hydrogen-bond donors (Lipinski definition) is 1. The van der Waals surface area contributed by atoms with Gasteiger partial charge in [-0.1, -0.05) is 87.0 Å².